The van der Waals surface area contributed by atoms with E-state index in [4.69, 9.17) is 23.9 Å². The average molecular weight is 1110 g/mol. The van der Waals surface area contributed by atoms with E-state index in [1.165, 1.54) is 30.4 Å². The fourth-order valence-corrected chi connectivity index (χ4v) is 13.0. The Morgan fingerprint density at radius 1 is 0.924 bits per heavy atom. The number of piperazine rings is 1. The molecule has 4 aliphatic rings. The summed E-state index contributed by atoms with van der Waals surface area (Å²) in [5.41, 5.74) is 3.17. The van der Waals surface area contributed by atoms with Gasteiger partial charge in [-0.2, -0.15) is 4.98 Å². The third-order valence-corrected chi connectivity index (χ3v) is 17.9. The molecule has 0 bridgehead atoms. The van der Waals surface area contributed by atoms with Gasteiger partial charge in [0.25, 0.3) is 27.7 Å². The Kier molecular flexibility index (Phi) is 15.7. The summed E-state index contributed by atoms with van der Waals surface area (Å²) in [4.78, 5) is 48.6. The molecule has 22 heteroatoms. The number of nitrogens with zero attached hydrogens (tertiary/aromatic N) is 7. The van der Waals surface area contributed by atoms with Crippen LogP contribution in [0, 0.1) is 27.3 Å². The Morgan fingerprint density at radius 2 is 1.66 bits per heavy atom. The van der Waals surface area contributed by atoms with Crippen LogP contribution < -0.4 is 33.9 Å². The molecule has 6 heterocycles. The molecule has 79 heavy (non-hydrogen) atoms. The molecule has 1 amide bonds. The van der Waals surface area contributed by atoms with E-state index in [9.17, 15) is 32.8 Å². The maximum absolute atomic E-state index is 14.9. The number of aliphatic hydroxyl groups is 1. The first-order chi connectivity index (χ1) is 37.8. The molecule has 420 valence electrons. The fourth-order valence-electron chi connectivity index (χ4n) is 12.1. The summed E-state index contributed by atoms with van der Waals surface area (Å²) in [6.45, 7) is 11.4. The van der Waals surface area contributed by atoms with Crippen LogP contribution in [-0.2, 0) is 16.6 Å². The summed E-state index contributed by atoms with van der Waals surface area (Å²) in [6.07, 6.45) is 8.67. The van der Waals surface area contributed by atoms with Crippen LogP contribution in [0.4, 0.5) is 21.6 Å². The van der Waals surface area contributed by atoms with Crippen molar-refractivity contribution in [3.05, 3.63) is 117 Å². The highest BCUT2D eigenvalue weighted by atomic mass is 32.2. The number of aromatic nitrogens is 4. The van der Waals surface area contributed by atoms with E-state index in [-0.39, 0.29) is 57.2 Å². The number of halogens is 1. The van der Waals surface area contributed by atoms with Gasteiger partial charge in [0.15, 0.2) is 11.5 Å². The number of piperidine rings is 1. The van der Waals surface area contributed by atoms with Crippen molar-refractivity contribution in [3.63, 3.8) is 0 Å². The number of rotatable bonds is 18. The van der Waals surface area contributed by atoms with Crippen molar-refractivity contribution in [2.45, 2.75) is 107 Å². The maximum Gasteiger partial charge on any atom is 0.312 e. The normalized spacial score (nSPS) is 20.9. The first-order valence-electron chi connectivity index (χ1n) is 27.0. The molecule has 4 fully saturated rings. The van der Waals surface area contributed by atoms with Gasteiger partial charge in [0, 0.05) is 88.0 Å². The van der Waals surface area contributed by atoms with Crippen molar-refractivity contribution in [3.8, 4) is 29.0 Å². The van der Waals surface area contributed by atoms with Crippen molar-refractivity contribution in [2.24, 2.45) is 11.3 Å². The zero-order chi connectivity index (χ0) is 55.8. The second-order valence-electron chi connectivity index (χ2n) is 22.2. The number of nitrogens with one attached hydrogen (secondary N) is 3. The molecule has 4 N–H and O–H groups in total. The number of sulfonamides is 1. The zero-order valence-corrected chi connectivity index (χ0v) is 46.3. The molecule has 10 rings (SSSR count). The van der Waals surface area contributed by atoms with E-state index in [0.717, 1.165) is 69.5 Å². The van der Waals surface area contributed by atoms with E-state index < -0.39 is 42.9 Å². The minimum absolute atomic E-state index is 0.0214. The van der Waals surface area contributed by atoms with Gasteiger partial charge in [-0.25, -0.2) is 27.5 Å². The summed E-state index contributed by atoms with van der Waals surface area (Å²) < 4.78 is 67.7. The van der Waals surface area contributed by atoms with Crippen molar-refractivity contribution >= 4 is 44.2 Å². The number of H-pyrrole nitrogens is 1. The topological polar surface area (TPSA) is 240 Å². The van der Waals surface area contributed by atoms with Gasteiger partial charge < -0.3 is 39.3 Å². The molecule has 2 saturated carbocycles. The molecule has 6 aromatic rings. The fraction of sp³-hybridized carbons (Fsp3) is 0.474. The minimum atomic E-state index is -4.75. The summed E-state index contributed by atoms with van der Waals surface area (Å²) in [5, 5.41) is 25.7. The Morgan fingerprint density at radius 3 is 2.37 bits per heavy atom. The predicted molar refractivity (Wildman–Crippen MR) is 295 cm³/mol. The molecule has 2 aromatic carbocycles. The van der Waals surface area contributed by atoms with E-state index in [0.29, 0.717) is 81.1 Å². The lowest BCUT2D eigenvalue weighted by Gasteiger charge is -2.58. The molecule has 1 spiro atoms. The number of fused-ring (bicyclic) bond motifs is 1. The van der Waals surface area contributed by atoms with Crippen molar-refractivity contribution in [2.75, 3.05) is 70.8 Å². The highest BCUT2D eigenvalue weighted by Crippen LogP contribution is 2.54. The Bertz CT molecular complexity index is 3330. The third-order valence-electron chi connectivity index (χ3n) is 16.6. The number of pyridine rings is 3. The largest absolute Gasteiger partial charge is 0.491 e. The van der Waals surface area contributed by atoms with E-state index >= 15 is 0 Å². The van der Waals surface area contributed by atoms with Gasteiger partial charge in [-0.05, 0) is 111 Å². The molecule has 0 radical (unpaired) electrons. The lowest BCUT2D eigenvalue weighted by atomic mass is 9.59. The van der Waals surface area contributed by atoms with Gasteiger partial charge in [-0.1, -0.05) is 38.1 Å². The minimum Gasteiger partial charge on any atom is -0.491 e. The number of benzene rings is 2. The number of anilines is 2. The molecule has 4 aromatic heterocycles. The number of nitro groups is 1. The average Bonchev–Trinajstić information content (AvgIpc) is 3.93. The van der Waals surface area contributed by atoms with Crippen molar-refractivity contribution in [1.29, 1.82) is 0 Å². The molecule has 20 nitrogen and oxygen atoms in total. The molecule has 2 aliphatic carbocycles. The van der Waals surface area contributed by atoms with Crippen LogP contribution in [0.2, 0.25) is 0 Å². The van der Waals surface area contributed by atoms with Gasteiger partial charge >= 0.3 is 5.69 Å². The zero-order valence-electron chi connectivity index (χ0n) is 45.5. The van der Waals surface area contributed by atoms with Crippen LogP contribution in [0.25, 0.3) is 11.0 Å². The first kappa shape index (κ1) is 55.2. The lowest BCUT2D eigenvalue weighted by molar-refractivity contribution is -0.384. The van der Waals surface area contributed by atoms with Gasteiger partial charge in [0.05, 0.1) is 54.7 Å². The summed E-state index contributed by atoms with van der Waals surface area (Å²) in [6, 6.07) is 20.4. The predicted octanol–water partition coefficient (Wildman–Crippen LogP) is 9.12. The summed E-state index contributed by atoms with van der Waals surface area (Å²) in [5.74, 6) is -0.365. The summed E-state index contributed by atoms with van der Waals surface area (Å²) in [7, 11) is -0.172. The number of ether oxygens (including phenoxy) is 4. The smallest absolute Gasteiger partial charge is 0.312 e. The number of amides is 1. The van der Waals surface area contributed by atoms with E-state index in [1.807, 2.05) is 12.1 Å². The van der Waals surface area contributed by atoms with E-state index in [1.54, 1.807) is 33.3 Å². The van der Waals surface area contributed by atoms with E-state index in [2.05, 4.69) is 77.8 Å². The maximum atomic E-state index is 14.9. The molecular formula is C57H69FN10O10S. The number of hydrogen-bond donors (Lipinski definition) is 4. The van der Waals surface area contributed by atoms with Gasteiger partial charge in [-0.15, -0.1) is 0 Å². The second kappa shape index (κ2) is 22.5. The number of carbonyl (C=O) groups excluding carboxylic acids is 1. The molecular weight excluding hydrogens is 1040 g/mol. The van der Waals surface area contributed by atoms with Crippen LogP contribution in [-0.4, -0.2) is 126 Å². The Balaban J connectivity index is 0.856. The van der Waals surface area contributed by atoms with Gasteiger partial charge in [0.2, 0.25) is 5.82 Å². The lowest BCUT2D eigenvalue weighted by Crippen LogP contribution is -2.60. The van der Waals surface area contributed by atoms with Crippen molar-refractivity contribution < 1.29 is 46.6 Å². The number of carbonyl (C=O) groups is 1. The Labute approximate surface area is 459 Å². The SMILES string of the molecule is COc1ccc(CN2CCN(C3CC4(CCN(c5ccc(C(=O)NS(=O)(=O)c6cnc(NCC7CCC(C)(O)CC7)c([N+](=O)[O-])c6)c(Oc6cc7c(F)c[nH]c7nc6OC)c5)CC4)C3)[C@H](c3ccccc3C(C)C)C2)nc1OC. The second-order valence-corrected chi connectivity index (χ2v) is 23.9. The van der Waals surface area contributed by atoms with Gasteiger partial charge in [0.1, 0.15) is 22.1 Å². The van der Waals surface area contributed by atoms with Gasteiger partial charge in [-0.3, -0.25) is 24.7 Å². The molecule has 2 aliphatic heterocycles. The van der Waals surface area contributed by atoms with Crippen LogP contribution in [0.15, 0.2) is 84.0 Å². The number of hydrogen-bond acceptors (Lipinski definition) is 17. The quantitative estimate of drug-likeness (QED) is 0.0463. The number of aromatic amines is 1. The van der Waals surface area contributed by atoms with Crippen LogP contribution in [0.1, 0.15) is 111 Å². The van der Waals surface area contributed by atoms with Crippen LogP contribution in [0.5, 0.6) is 29.0 Å². The third kappa shape index (κ3) is 11.8. The van der Waals surface area contributed by atoms with Crippen molar-refractivity contribution in [1.82, 2.24) is 34.5 Å². The number of methoxy groups -OCH3 is 3. The molecule has 1 atom stereocenters. The highest BCUT2D eigenvalue weighted by Gasteiger charge is 2.50. The summed E-state index contributed by atoms with van der Waals surface area (Å²) >= 11 is 0. The Hall–Kier alpha value is -7.14. The van der Waals surface area contributed by atoms with Crippen LogP contribution >= 0.6 is 0 Å². The monoisotopic (exact) mass is 1100 g/mol. The van der Waals surface area contributed by atoms with Crippen LogP contribution in [0.3, 0.4) is 0 Å². The molecule has 0 unspecified atom stereocenters. The highest BCUT2D eigenvalue weighted by molar-refractivity contribution is 7.90. The molecule has 2 saturated heterocycles. The standard InChI is InChI=1S/C57H69FN10O10S/c1-35(2)41-9-7-8-10-42(41)47-34-65(33-37-11-14-48(75-4)54(62-37)76-5)23-24-67(47)39-28-57(29-39)19-21-66(22-20-57)38-12-13-43(49(25-38)78-50-27-44-45(58)32-61-51(44)63-55(50)77-6)53(69)64-79(73,74)40-26-46(68(71)72)52(60-31-40)59-30-36-15-17-56(3,70)18-16-36/h7-14,25-27,31-32,35-36,39,47,70H,15-24,28-30,33-34H2,1-6H3,(H,59,60)(H,61,63)(H,64,69)/t36?,47-,56?/m0/s1. The first-order valence-corrected chi connectivity index (χ1v) is 28.4.